The van der Waals surface area contributed by atoms with Crippen LogP contribution in [0.3, 0.4) is 0 Å². The highest BCUT2D eigenvalue weighted by molar-refractivity contribution is 7.37. The Morgan fingerprint density at radius 3 is 2.31 bits per heavy atom. The second kappa shape index (κ2) is 31.4. The van der Waals surface area contributed by atoms with Crippen molar-refractivity contribution in [3.63, 3.8) is 0 Å². The number of ether oxygens (including phenoxy) is 5. The Bertz CT molecular complexity index is 3410. The lowest BCUT2D eigenvalue weighted by Gasteiger charge is -2.19. The normalized spacial score (nSPS) is 18.6. The molecule has 2 saturated heterocycles. The van der Waals surface area contributed by atoms with Gasteiger partial charge in [-0.3, -0.25) is 43.3 Å². The number of primary amides is 1. The van der Waals surface area contributed by atoms with Crippen molar-refractivity contribution in [2.75, 3.05) is 82.6 Å². The quantitative estimate of drug-likeness (QED) is 0.0140. The Hall–Kier alpha value is -9.22. The van der Waals surface area contributed by atoms with Crippen LogP contribution in [0.25, 0.3) is 22.3 Å². The molecule has 0 bridgehead atoms. The topological polar surface area (TPSA) is 480 Å². The average Bonchev–Trinajstić information content (AvgIpc) is 1.94. The van der Waals surface area contributed by atoms with Gasteiger partial charge in [-0.25, -0.2) is 44.3 Å². The fourth-order valence-electron chi connectivity index (χ4n) is 8.87. The molecule has 8 atom stereocenters. The third-order valence-electron chi connectivity index (χ3n) is 13.3. The minimum atomic E-state index is -2.87. The SMILES string of the molecule is CN(CCOC(=O)Nc1ncnc2c1ncn2[C@H]1CC[C@@H](CO[P+](=O)O[C@H]2C[C@H](n3cnc4c(N)ncnc43)O[C@@H]2CO[P+](=O)N=O)O1)C(=O)OCc1ccc(NC(=O)[C@H](CCCNC(N)=O)NC(=O)CNC(=O)CCOCCN2C(=O)C=CC2=O)cc1. The Kier molecular flexibility index (Phi) is 23.1. The molecule has 2 unspecified atom stereocenters. The Morgan fingerprint density at radius 2 is 1.56 bits per heavy atom. The van der Waals surface area contributed by atoms with Gasteiger partial charge in [0.25, 0.3) is 11.8 Å². The third kappa shape index (κ3) is 18.2. The van der Waals surface area contributed by atoms with Gasteiger partial charge in [-0.05, 0) is 43.4 Å². The van der Waals surface area contributed by atoms with Crippen LogP contribution in [0.15, 0.2) is 66.7 Å². The molecule has 4 aromatic heterocycles. The summed E-state index contributed by atoms with van der Waals surface area (Å²) in [6.45, 7) is -1.37. The van der Waals surface area contributed by atoms with E-state index in [-0.39, 0.29) is 102 Å². The summed E-state index contributed by atoms with van der Waals surface area (Å²) in [6.07, 6.45) is 3.47. The predicted molar refractivity (Wildman–Crippen MR) is 300 cm³/mol. The number of amides is 9. The summed E-state index contributed by atoms with van der Waals surface area (Å²) in [5.41, 5.74) is 13.2. The zero-order chi connectivity index (χ0) is 62.7. The number of imidazole rings is 2. The lowest BCUT2D eigenvalue weighted by Crippen LogP contribution is -2.47. The summed E-state index contributed by atoms with van der Waals surface area (Å²) in [7, 11) is -4.21. The molecule has 39 heteroatoms. The van der Waals surface area contributed by atoms with E-state index in [1.54, 1.807) is 33.4 Å². The molecular weight excluding hydrogens is 1210 g/mol. The molecule has 37 nitrogen and oxygen atoms in total. The van der Waals surface area contributed by atoms with Gasteiger partial charge in [0.1, 0.15) is 75.3 Å². The standard InChI is InChI=1S/C49H58N18O19P2/c1-64(49(75)81-21-28-4-6-29(7-5-28)60-46(72)31(3-2-13-52-47(51)73)61-35(69)20-53-34(68)12-16-79-17-15-65-36(70)9-10-37(65)71)14-18-80-48(74)62-43-41-45(57-25-55-43)66(27-59-41)38-11-8-30(84-38)22-83-88(78)86-32-19-39(85-33(32)23-82-87(77)63-76)67-26-58-40-42(50)54-24-56-44(40)67/h4-7,9-10,24-27,30-33,38-39H,2-3,8,11-23H2,1H3,(H7-2,50,51,52,53,54,55,56,57,60,61,62,68,69,72,73,74)/p+2/t30-,31-,32-,33+,38+,39+/m0/s1. The van der Waals surface area contributed by atoms with Crippen LogP contribution in [0.4, 0.5) is 31.7 Å². The largest absolute Gasteiger partial charge is 0.708 e. The minimum Gasteiger partial charge on any atom is -0.447 e. The maximum Gasteiger partial charge on any atom is 0.708 e. The molecule has 9 amide bonds. The number of carbonyl (C=O) groups excluding carboxylic acids is 8. The number of aromatic nitrogens is 8. The molecule has 5 aromatic rings. The van der Waals surface area contributed by atoms with Crippen LogP contribution in [-0.4, -0.2) is 187 Å². The van der Waals surface area contributed by atoms with E-state index < -0.39 is 108 Å². The molecule has 0 radical (unpaired) electrons. The molecule has 8 rings (SSSR count). The molecule has 9 N–H and O–H groups in total. The maximum absolute atomic E-state index is 13.4. The second-order valence-corrected chi connectivity index (χ2v) is 21.2. The number of nitrogens with zero attached hydrogens (tertiary/aromatic N) is 11. The van der Waals surface area contributed by atoms with Crippen molar-refractivity contribution < 1.29 is 84.7 Å². The maximum atomic E-state index is 13.4. The number of anilines is 3. The zero-order valence-electron chi connectivity index (χ0n) is 46.8. The highest BCUT2D eigenvalue weighted by atomic mass is 31.1. The van der Waals surface area contributed by atoms with Crippen LogP contribution in [-0.2, 0) is 77.0 Å². The molecule has 468 valence electrons. The van der Waals surface area contributed by atoms with Crippen molar-refractivity contribution in [1.82, 2.24) is 64.8 Å². The molecular formula is C49H60N18O19P2+2. The Balaban J connectivity index is 0.723. The van der Waals surface area contributed by atoms with E-state index >= 15 is 0 Å². The van der Waals surface area contributed by atoms with Crippen molar-refractivity contribution in [2.45, 2.75) is 81.9 Å². The first-order valence-electron chi connectivity index (χ1n) is 27.0. The molecule has 88 heavy (non-hydrogen) atoms. The first-order chi connectivity index (χ1) is 42.4. The number of hydrogen-bond acceptors (Lipinski definition) is 26. The van der Waals surface area contributed by atoms with Gasteiger partial charge < -0.3 is 61.3 Å². The summed E-state index contributed by atoms with van der Waals surface area (Å²) in [5, 5.41) is 12.6. The van der Waals surface area contributed by atoms with Crippen molar-refractivity contribution in [3.8, 4) is 0 Å². The molecule has 0 saturated carbocycles. The highest BCUT2D eigenvalue weighted by Crippen LogP contribution is 2.41. The van der Waals surface area contributed by atoms with E-state index in [9.17, 15) is 52.4 Å². The van der Waals surface area contributed by atoms with Crippen LogP contribution < -0.4 is 38.1 Å². The molecule has 2 fully saturated rings. The number of nitrogen functional groups attached to an aromatic ring is 1. The van der Waals surface area contributed by atoms with Gasteiger partial charge in [0, 0.05) is 53.4 Å². The minimum absolute atomic E-state index is 0.0122. The number of benzene rings is 1. The van der Waals surface area contributed by atoms with Gasteiger partial charge in [-0.15, -0.1) is 13.6 Å². The van der Waals surface area contributed by atoms with E-state index in [4.69, 9.17) is 48.7 Å². The summed E-state index contributed by atoms with van der Waals surface area (Å²) in [5.74, 6) is -2.55. The van der Waals surface area contributed by atoms with E-state index in [1.165, 1.54) is 37.3 Å². The third-order valence-corrected chi connectivity index (χ3v) is 14.6. The lowest BCUT2D eigenvalue weighted by molar-refractivity contribution is -0.138. The van der Waals surface area contributed by atoms with E-state index in [2.05, 4.69) is 61.4 Å². The first kappa shape index (κ1) is 64.8. The summed E-state index contributed by atoms with van der Waals surface area (Å²) >= 11 is 0. The number of urea groups is 1. The van der Waals surface area contributed by atoms with Gasteiger partial charge >= 0.3 is 34.7 Å². The first-order valence-corrected chi connectivity index (χ1v) is 29.2. The van der Waals surface area contributed by atoms with Gasteiger partial charge in [-0.2, -0.15) is 0 Å². The number of hydrogen-bond donors (Lipinski definition) is 7. The fraction of sp³-hybridized carbons (Fsp3) is 0.469. The van der Waals surface area contributed by atoms with Crippen molar-refractivity contribution >= 4 is 104 Å². The average molecular weight is 1270 g/mol. The van der Waals surface area contributed by atoms with Gasteiger partial charge in [0.15, 0.2) is 28.4 Å². The van der Waals surface area contributed by atoms with E-state index in [1.807, 2.05) is 0 Å². The van der Waals surface area contributed by atoms with Crippen LogP contribution in [0.5, 0.6) is 0 Å². The van der Waals surface area contributed by atoms with Crippen molar-refractivity contribution in [1.29, 1.82) is 0 Å². The molecule has 3 aliphatic heterocycles. The fourth-order valence-corrected chi connectivity index (χ4v) is 9.98. The number of carbonyl (C=O) groups is 8. The molecule has 7 heterocycles. The number of rotatable bonds is 32. The second-order valence-electron chi connectivity index (χ2n) is 19.3. The Labute approximate surface area is 499 Å². The molecule has 1 aromatic carbocycles. The lowest BCUT2D eigenvalue weighted by atomic mass is 10.1. The number of imide groups is 1. The van der Waals surface area contributed by atoms with Gasteiger partial charge in [0.05, 0.1) is 51.6 Å². The predicted octanol–water partition coefficient (Wildman–Crippen LogP) is 1.85. The van der Waals surface area contributed by atoms with Crippen LogP contribution in [0.2, 0.25) is 0 Å². The summed E-state index contributed by atoms with van der Waals surface area (Å²) < 4.78 is 72.6. The monoisotopic (exact) mass is 1270 g/mol. The van der Waals surface area contributed by atoms with Crippen LogP contribution in [0, 0.1) is 4.91 Å². The van der Waals surface area contributed by atoms with Crippen molar-refractivity contribution in [2.24, 2.45) is 10.7 Å². The number of nitroso groups, excluding NO2 is 1. The summed E-state index contributed by atoms with van der Waals surface area (Å²) in [6, 6.07) is 4.41. The Morgan fingerprint density at radius 1 is 0.830 bits per heavy atom. The molecule has 0 spiro atoms. The number of likely N-dealkylation sites (N-methyl/N-ethyl adjacent to an activating group) is 1. The number of fused-ring (bicyclic) bond motifs is 2. The van der Waals surface area contributed by atoms with E-state index in [0.29, 0.717) is 40.9 Å². The zero-order valence-corrected chi connectivity index (χ0v) is 48.6. The van der Waals surface area contributed by atoms with Crippen LogP contribution in [0.1, 0.15) is 56.5 Å². The smallest absolute Gasteiger partial charge is 0.447 e. The van der Waals surface area contributed by atoms with Crippen LogP contribution >= 0.6 is 16.4 Å². The summed E-state index contributed by atoms with van der Waals surface area (Å²) in [4.78, 5) is 139. The van der Waals surface area contributed by atoms with Gasteiger partial charge in [-0.1, -0.05) is 17.0 Å². The number of nitrogens with one attached hydrogen (secondary N) is 5. The number of nitrogens with two attached hydrogens (primary N) is 2. The van der Waals surface area contributed by atoms with Gasteiger partial charge in [0.2, 0.25) is 22.7 Å². The molecule has 3 aliphatic rings. The molecule has 0 aliphatic carbocycles. The van der Waals surface area contributed by atoms with Crippen molar-refractivity contribution in [3.05, 3.63) is 72.2 Å². The highest BCUT2D eigenvalue weighted by Gasteiger charge is 2.46. The van der Waals surface area contributed by atoms with E-state index in [0.717, 1.165) is 17.1 Å².